The predicted octanol–water partition coefficient (Wildman–Crippen LogP) is 2.18. The molecule has 0 fully saturated rings. The Balaban J connectivity index is 2.55. The predicted molar refractivity (Wildman–Crippen MR) is 54.4 cm³/mol. The van der Waals surface area contributed by atoms with E-state index in [2.05, 4.69) is 24.9 Å². The van der Waals surface area contributed by atoms with E-state index in [4.69, 9.17) is 0 Å². The Kier molecular flexibility index (Phi) is 3.74. The summed E-state index contributed by atoms with van der Waals surface area (Å²) in [6, 6.07) is 0.230. The molecule has 0 aliphatic heterocycles. The smallest absolute Gasteiger partial charge is 0.243 e. The molecule has 0 aromatic carbocycles. The second-order valence-corrected chi connectivity index (χ2v) is 3.50. The van der Waals surface area contributed by atoms with Crippen LogP contribution in [0.2, 0.25) is 0 Å². The van der Waals surface area contributed by atoms with E-state index >= 15 is 0 Å². The lowest BCUT2D eigenvalue weighted by Gasteiger charge is -2.16. The number of hydrogen-bond donors (Lipinski definition) is 1. The summed E-state index contributed by atoms with van der Waals surface area (Å²) in [7, 11) is 0. The Hall–Kier alpha value is -1.05. The normalized spacial score (nSPS) is 22.8. The van der Waals surface area contributed by atoms with Crippen molar-refractivity contribution in [2.24, 2.45) is 0 Å². The monoisotopic (exact) mass is 179 g/mol. The quantitative estimate of drug-likeness (QED) is 0.511. The van der Waals surface area contributed by atoms with Gasteiger partial charge in [0.15, 0.2) is 0 Å². The fraction of sp³-hybridized carbons (Fsp3) is 0.545. The Morgan fingerprint density at radius 3 is 3.15 bits per heavy atom. The molecule has 1 aliphatic carbocycles. The van der Waals surface area contributed by atoms with Crippen molar-refractivity contribution in [2.75, 3.05) is 0 Å². The summed E-state index contributed by atoms with van der Waals surface area (Å²) in [6.45, 7) is 5.53. The van der Waals surface area contributed by atoms with Gasteiger partial charge < -0.3 is 5.32 Å². The first-order chi connectivity index (χ1) is 6.24. The molecule has 1 amide bonds. The average molecular weight is 179 g/mol. The van der Waals surface area contributed by atoms with E-state index < -0.39 is 0 Å². The van der Waals surface area contributed by atoms with Gasteiger partial charge in [-0.1, -0.05) is 24.6 Å². The molecule has 13 heavy (non-hydrogen) atoms. The molecule has 1 N–H and O–H groups in total. The molecule has 0 aromatic rings. The zero-order valence-electron chi connectivity index (χ0n) is 8.18. The van der Waals surface area contributed by atoms with Crippen LogP contribution in [0.3, 0.4) is 0 Å². The van der Waals surface area contributed by atoms with Crippen molar-refractivity contribution in [3.63, 3.8) is 0 Å². The van der Waals surface area contributed by atoms with Gasteiger partial charge in [-0.25, -0.2) is 0 Å². The van der Waals surface area contributed by atoms with Crippen LogP contribution < -0.4 is 5.32 Å². The minimum absolute atomic E-state index is 0.0698. The van der Waals surface area contributed by atoms with Crippen molar-refractivity contribution >= 4 is 5.91 Å². The summed E-state index contributed by atoms with van der Waals surface area (Å²) >= 11 is 0. The van der Waals surface area contributed by atoms with Gasteiger partial charge in [0.25, 0.3) is 0 Å². The van der Waals surface area contributed by atoms with Gasteiger partial charge in [0, 0.05) is 0 Å². The summed E-state index contributed by atoms with van der Waals surface area (Å²) < 4.78 is 0. The summed E-state index contributed by atoms with van der Waals surface area (Å²) in [5, 5.41) is 2.93. The van der Waals surface area contributed by atoms with E-state index in [1.165, 1.54) is 24.5 Å². The van der Waals surface area contributed by atoms with Crippen molar-refractivity contribution in [1.82, 2.24) is 5.32 Å². The van der Waals surface area contributed by atoms with Crippen LogP contribution in [0, 0.1) is 0 Å². The van der Waals surface area contributed by atoms with Gasteiger partial charge in [0.1, 0.15) is 0 Å². The second-order valence-electron chi connectivity index (χ2n) is 3.50. The fourth-order valence-electron chi connectivity index (χ4n) is 1.61. The Morgan fingerprint density at radius 2 is 2.46 bits per heavy atom. The number of allylic oxidation sites excluding steroid dienone is 1. The van der Waals surface area contributed by atoms with E-state index in [0.29, 0.717) is 0 Å². The van der Waals surface area contributed by atoms with E-state index in [1.54, 1.807) is 0 Å². The summed E-state index contributed by atoms with van der Waals surface area (Å²) in [6.07, 6.45) is 8.18. The topological polar surface area (TPSA) is 29.1 Å². The lowest BCUT2D eigenvalue weighted by Crippen LogP contribution is -2.34. The minimum atomic E-state index is -0.0698. The van der Waals surface area contributed by atoms with Crippen molar-refractivity contribution in [1.29, 1.82) is 0 Å². The molecule has 0 spiro atoms. The summed E-state index contributed by atoms with van der Waals surface area (Å²) in [5.41, 5.74) is 1.28. The lowest BCUT2D eigenvalue weighted by molar-refractivity contribution is -0.117. The third kappa shape index (κ3) is 3.05. The zero-order chi connectivity index (χ0) is 9.68. The maximum atomic E-state index is 11.1. The molecule has 0 radical (unpaired) electrons. The van der Waals surface area contributed by atoms with Crippen LogP contribution >= 0.6 is 0 Å². The molecular weight excluding hydrogens is 162 g/mol. The number of nitrogens with one attached hydrogen (secondary N) is 1. The van der Waals surface area contributed by atoms with E-state index in [1.807, 2.05) is 0 Å². The van der Waals surface area contributed by atoms with Crippen LogP contribution in [0.4, 0.5) is 0 Å². The van der Waals surface area contributed by atoms with Crippen molar-refractivity contribution in [2.45, 2.75) is 38.6 Å². The molecule has 2 heteroatoms. The number of rotatable bonds is 2. The average Bonchev–Trinajstić information content (AvgIpc) is 2.32. The number of carbonyl (C=O) groups excluding carboxylic acids is 1. The molecule has 1 unspecified atom stereocenters. The van der Waals surface area contributed by atoms with Crippen LogP contribution in [0.1, 0.15) is 32.6 Å². The summed E-state index contributed by atoms with van der Waals surface area (Å²) in [5.74, 6) is -0.0698. The second kappa shape index (κ2) is 4.85. The van der Waals surface area contributed by atoms with Gasteiger partial charge in [-0.15, -0.1) is 0 Å². The summed E-state index contributed by atoms with van der Waals surface area (Å²) in [4.78, 5) is 11.1. The fourth-order valence-corrected chi connectivity index (χ4v) is 1.61. The molecular formula is C11H17NO. The Morgan fingerprint density at radius 1 is 1.69 bits per heavy atom. The highest BCUT2D eigenvalue weighted by atomic mass is 16.1. The van der Waals surface area contributed by atoms with E-state index in [-0.39, 0.29) is 11.9 Å². The molecule has 72 valence electrons. The Bertz CT molecular complexity index is 230. The SMILES string of the molecule is C=CC(=O)NC1CCCCC=C1C. The number of hydrogen-bond acceptors (Lipinski definition) is 1. The first kappa shape index (κ1) is 10.0. The zero-order valence-corrected chi connectivity index (χ0v) is 8.18. The third-order valence-electron chi connectivity index (χ3n) is 2.46. The van der Waals surface area contributed by atoms with Crippen molar-refractivity contribution in [3.8, 4) is 0 Å². The highest BCUT2D eigenvalue weighted by Gasteiger charge is 2.13. The maximum Gasteiger partial charge on any atom is 0.243 e. The van der Waals surface area contributed by atoms with Crippen LogP contribution in [0.5, 0.6) is 0 Å². The van der Waals surface area contributed by atoms with Crippen LogP contribution in [0.15, 0.2) is 24.3 Å². The maximum absolute atomic E-state index is 11.1. The van der Waals surface area contributed by atoms with E-state index in [9.17, 15) is 4.79 Å². The standard InChI is InChI=1S/C11H17NO/c1-3-11(13)12-10-8-6-4-5-7-9(10)2/h3,7,10H,1,4-6,8H2,2H3,(H,12,13). The minimum Gasteiger partial charge on any atom is -0.346 e. The third-order valence-corrected chi connectivity index (χ3v) is 2.46. The molecule has 0 heterocycles. The highest BCUT2D eigenvalue weighted by Crippen LogP contribution is 2.17. The van der Waals surface area contributed by atoms with Crippen molar-refractivity contribution in [3.05, 3.63) is 24.3 Å². The van der Waals surface area contributed by atoms with Gasteiger partial charge in [-0.05, 0) is 32.3 Å². The molecule has 0 bridgehead atoms. The molecule has 0 aromatic heterocycles. The van der Waals surface area contributed by atoms with Gasteiger partial charge in [-0.3, -0.25) is 4.79 Å². The molecule has 1 aliphatic rings. The van der Waals surface area contributed by atoms with Gasteiger partial charge in [0.05, 0.1) is 6.04 Å². The van der Waals surface area contributed by atoms with E-state index in [0.717, 1.165) is 12.8 Å². The number of amides is 1. The molecule has 1 atom stereocenters. The molecule has 0 saturated heterocycles. The molecule has 1 rings (SSSR count). The molecule has 0 saturated carbocycles. The molecule has 2 nitrogen and oxygen atoms in total. The largest absolute Gasteiger partial charge is 0.346 e. The first-order valence-corrected chi connectivity index (χ1v) is 4.83. The van der Waals surface area contributed by atoms with Gasteiger partial charge >= 0.3 is 0 Å². The first-order valence-electron chi connectivity index (χ1n) is 4.83. The lowest BCUT2D eigenvalue weighted by atomic mass is 10.1. The van der Waals surface area contributed by atoms with Crippen LogP contribution in [-0.4, -0.2) is 11.9 Å². The van der Waals surface area contributed by atoms with Crippen LogP contribution in [0.25, 0.3) is 0 Å². The Labute approximate surface area is 79.7 Å². The van der Waals surface area contributed by atoms with Crippen LogP contribution in [-0.2, 0) is 4.79 Å². The van der Waals surface area contributed by atoms with Gasteiger partial charge in [0.2, 0.25) is 5.91 Å². The van der Waals surface area contributed by atoms with Gasteiger partial charge in [-0.2, -0.15) is 0 Å². The highest BCUT2D eigenvalue weighted by molar-refractivity contribution is 5.87. The van der Waals surface area contributed by atoms with Crippen molar-refractivity contribution < 1.29 is 4.79 Å². The number of carbonyl (C=O) groups is 1.